The van der Waals surface area contributed by atoms with E-state index in [-0.39, 0.29) is 0 Å². The van der Waals surface area contributed by atoms with Crippen molar-refractivity contribution in [3.8, 4) is 11.3 Å². The van der Waals surface area contributed by atoms with Crippen molar-refractivity contribution in [1.82, 2.24) is 14.3 Å². The van der Waals surface area contributed by atoms with Crippen molar-refractivity contribution >= 4 is 17.0 Å². The molecule has 1 atom stereocenters. The van der Waals surface area contributed by atoms with Crippen LogP contribution in [0.15, 0.2) is 35.6 Å². The minimum atomic E-state index is -1.22. The molecule has 0 bridgehead atoms. The highest BCUT2D eigenvalue weighted by Crippen LogP contribution is 2.26. The van der Waals surface area contributed by atoms with Gasteiger partial charge < -0.3 is 14.9 Å². The fourth-order valence-corrected chi connectivity index (χ4v) is 2.19. The normalized spacial score (nSPS) is 12.6. The Morgan fingerprint density at radius 2 is 2.24 bits per heavy atom. The molecule has 0 aliphatic heterocycles. The van der Waals surface area contributed by atoms with Gasteiger partial charge in [-0.2, -0.15) is 0 Å². The van der Waals surface area contributed by atoms with Crippen LogP contribution in [0.25, 0.3) is 11.3 Å². The Bertz CT molecular complexity index is 526. The maximum Gasteiger partial charge on any atom is 0.174 e. The number of hydrogen-bond donors (Lipinski definition) is 2. The first-order valence-corrected chi connectivity index (χ1v) is 6.24. The number of aryl methyl sites for hydroxylation is 1. The number of hydrogen-bond acceptors (Lipinski definition) is 4. The van der Waals surface area contributed by atoms with Gasteiger partial charge in [0.2, 0.25) is 0 Å². The van der Waals surface area contributed by atoms with Crippen LogP contribution in [0.4, 0.5) is 5.69 Å². The first-order chi connectivity index (χ1) is 8.11. The van der Waals surface area contributed by atoms with Crippen molar-refractivity contribution in [2.75, 3.05) is 12.8 Å². The molecule has 1 aromatic heterocycles. The molecule has 0 radical (unpaired) electrons. The zero-order valence-electron chi connectivity index (χ0n) is 9.68. The molecule has 5 nitrogen and oxygen atoms in total. The smallest absolute Gasteiger partial charge is 0.174 e. The molecule has 2 rings (SSSR count). The molecule has 0 saturated carbocycles. The molecule has 1 unspecified atom stereocenters. The van der Waals surface area contributed by atoms with Crippen LogP contribution >= 0.6 is 0 Å². The van der Waals surface area contributed by atoms with Gasteiger partial charge in [-0.1, -0.05) is 0 Å². The quantitative estimate of drug-likeness (QED) is 0.627. The number of nitrogens with two attached hydrogens (primary N) is 1. The van der Waals surface area contributed by atoms with E-state index in [0.29, 0.717) is 10.6 Å². The first-order valence-electron chi connectivity index (χ1n) is 5.09. The molecule has 0 fully saturated rings. The van der Waals surface area contributed by atoms with Crippen LogP contribution in [-0.2, 0) is 18.4 Å². The molecule has 1 heterocycles. The van der Waals surface area contributed by atoms with E-state index in [1.807, 2.05) is 17.8 Å². The highest BCUT2D eigenvalue weighted by molar-refractivity contribution is 7.89. The summed E-state index contributed by atoms with van der Waals surface area (Å²) in [5.74, 6) is 0. The number of rotatable bonds is 3. The van der Waals surface area contributed by atoms with Gasteiger partial charge in [0.1, 0.15) is 0 Å². The van der Waals surface area contributed by atoms with E-state index >= 15 is 0 Å². The van der Waals surface area contributed by atoms with Crippen molar-refractivity contribution in [2.24, 2.45) is 7.05 Å². The Morgan fingerprint density at radius 1 is 1.47 bits per heavy atom. The summed E-state index contributed by atoms with van der Waals surface area (Å²) in [5.41, 5.74) is 8.10. The van der Waals surface area contributed by atoms with Crippen molar-refractivity contribution < 1.29 is 4.55 Å². The molecule has 0 amide bonds. The molecule has 3 N–H and O–H groups in total. The van der Waals surface area contributed by atoms with Crippen molar-refractivity contribution in [3.05, 3.63) is 30.7 Å². The number of anilines is 1. The van der Waals surface area contributed by atoms with E-state index in [1.165, 1.54) is 0 Å². The summed E-state index contributed by atoms with van der Waals surface area (Å²) in [7, 11) is 3.54. The lowest BCUT2D eigenvalue weighted by atomic mass is 10.1. The fraction of sp³-hybridized carbons (Fsp3) is 0.182. The molecule has 0 spiro atoms. The van der Waals surface area contributed by atoms with Gasteiger partial charge in [-0.3, -0.25) is 0 Å². The van der Waals surface area contributed by atoms with Gasteiger partial charge in [0.25, 0.3) is 0 Å². The van der Waals surface area contributed by atoms with Crippen molar-refractivity contribution in [1.29, 1.82) is 0 Å². The van der Waals surface area contributed by atoms with Gasteiger partial charge in [0.05, 0.1) is 23.4 Å². The average Bonchev–Trinajstić information content (AvgIpc) is 2.75. The molecular formula is C11H14N4OS. The topological polar surface area (TPSA) is 78.9 Å². The van der Waals surface area contributed by atoms with Crippen LogP contribution in [0.5, 0.6) is 0 Å². The van der Waals surface area contributed by atoms with Gasteiger partial charge in [-0.15, -0.1) is 4.72 Å². The third-order valence-corrected chi connectivity index (χ3v) is 3.46. The molecule has 0 aliphatic carbocycles. The Morgan fingerprint density at radius 3 is 2.82 bits per heavy atom. The molecule has 0 saturated heterocycles. The Labute approximate surface area is 103 Å². The number of benzene rings is 1. The third-order valence-electron chi connectivity index (χ3n) is 2.41. The second-order valence-electron chi connectivity index (χ2n) is 3.65. The fourth-order valence-electron chi connectivity index (χ4n) is 1.54. The molecular weight excluding hydrogens is 236 g/mol. The van der Waals surface area contributed by atoms with Gasteiger partial charge in [-0.25, -0.2) is 4.98 Å². The summed E-state index contributed by atoms with van der Waals surface area (Å²) in [6.45, 7) is 0. The molecule has 2 aromatic rings. The van der Waals surface area contributed by atoms with E-state index in [1.54, 1.807) is 31.6 Å². The van der Waals surface area contributed by atoms with E-state index in [9.17, 15) is 4.55 Å². The Balaban J connectivity index is 2.46. The second-order valence-corrected chi connectivity index (χ2v) is 5.06. The lowest BCUT2D eigenvalue weighted by Crippen LogP contribution is -2.18. The summed E-state index contributed by atoms with van der Waals surface area (Å²) < 4.78 is 16.2. The second kappa shape index (κ2) is 4.79. The standard InChI is InChI=1S/C11H14N4OS/c1-13-17(16)8-3-4-10(12)9(5-8)11-6-15(2)7-14-11/h3-7,13H,12H2,1-2H3. The Hall–Kier alpha value is -1.50. The van der Waals surface area contributed by atoms with Crippen LogP contribution in [0.1, 0.15) is 0 Å². The minimum absolute atomic E-state index is 0.626. The van der Waals surface area contributed by atoms with Crippen LogP contribution in [0, 0.1) is 0 Å². The number of nitrogens with one attached hydrogen (secondary N) is 1. The van der Waals surface area contributed by atoms with Gasteiger partial charge >= 0.3 is 0 Å². The predicted octanol–water partition coefficient (Wildman–Crippen LogP) is 0.911. The van der Waals surface area contributed by atoms with Gasteiger partial charge in [0, 0.05) is 37.6 Å². The summed E-state index contributed by atoms with van der Waals surface area (Å²) >= 11 is -1.22. The molecule has 1 aromatic carbocycles. The maximum atomic E-state index is 11.6. The van der Waals surface area contributed by atoms with E-state index in [4.69, 9.17) is 5.73 Å². The monoisotopic (exact) mass is 250 g/mol. The van der Waals surface area contributed by atoms with Crippen LogP contribution in [-0.4, -0.2) is 21.2 Å². The summed E-state index contributed by atoms with van der Waals surface area (Å²) in [5, 5.41) is 0. The van der Waals surface area contributed by atoms with Crippen molar-refractivity contribution in [3.63, 3.8) is 0 Å². The largest absolute Gasteiger partial charge is 0.593 e. The molecule has 90 valence electrons. The van der Waals surface area contributed by atoms with Crippen molar-refractivity contribution in [2.45, 2.75) is 4.90 Å². The number of imidazole rings is 1. The van der Waals surface area contributed by atoms with E-state index < -0.39 is 11.4 Å². The number of nitrogen functional groups attached to an aromatic ring is 1. The highest BCUT2D eigenvalue weighted by atomic mass is 32.2. The lowest BCUT2D eigenvalue weighted by Gasteiger charge is -2.09. The molecule has 6 heteroatoms. The molecule has 17 heavy (non-hydrogen) atoms. The maximum absolute atomic E-state index is 11.6. The van der Waals surface area contributed by atoms with Gasteiger partial charge in [-0.05, 0) is 12.1 Å². The lowest BCUT2D eigenvalue weighted by molar-refractivity contribution is 0.587. The van der Waals surface area contributed by atoms with Crippen LogP contribution in [0.2, 0.25) is 0 Å². The SMILES string of the molecule is CN[S+]([O-])c1ccc(N)c(-c2cn(C)cn2)c1. The van der Waals surface area contributed by atoms with E-state index in [2.05, 4.69) is 9.71 Å². The highest BCUT2D eigenvalue weighted by Gasteiger charge is 2.13. The summed E-state index contributed by atoms with van der Waals surface area (Å²) in [6, 6.07) is 5.28. The molecule has 0 aliphatic rings. The van der Waals surface area contributed by atoms with E-state index in [0.717, 1.165) is 11.3 Å². The third kappa shape index (κ3) is 2.44. The zero-order valence-corrected chi connectivity index (χ0v) is 10.5. The van der Waals surface area contributed by atoms with Gasteiger partial charge in [0.15, 0.2) is 4.90 Å². The summed E-state index contributed by atoms with van der Waals surface area (Å²) in [6.07, 6.45) is 3.58. The van der Waals surface area contributed by atoms with Crippen LogP contribution < -0.4 is 10.5 Å². The summed E-state index contributed by atoms with van der Waals surface area (Å²) in [4.78, 5) is 4.92. The predicted molar refractivity (Wildman–Crippen MR) is 68.5 cm³/mol. The number of nitrogens with zero attached hydrogens (tertiary/aromatic N) is 2. The Kier molecular flexibility index (Phi) is 3.37. The first kappa shape index (κ1) is 12.0. The average molecular weight is 250 g/mol. The number of aromatic nitrogens is 2. The minimum Gasteiger partial charge on any atom is -0.593 e. The zero-order chi connectivity index (χ0) is 12.4. The van der Waals surface area contributed by atoms with Crippen LogP contribution in [0.3, 0.4) is 0 Å².